The van der Waals surface area contributed by atoms with Gasteiger partial charge in [-0.05, 0) is 54.6 Å². The molecule has 31 heavy (non-hydrogen) atoms. The maximum absolute atomic E-state index is 12.6. The molecule has 0 radical (unpaired) electrons. The second-order valence-corrected chi connectivity index (χ2v) is 7.60. The van der Waals surface area contributed by atoms with Gasteiger partial charge in [-0.1, -0.05) is 6.07 Å². The molecular formula is C22H24N2O6S. The molecule has 0 atom stereocenters. The number of ether oxygens (including phenoxy) is 2. The van der Waals surface area contributed by atoms with Crippen molar-refractivity contribution in [2.75, 3.05) is 26.8 Å². The van der Waals surface area contributed by atoms with Gasteiger partial charge in [-0.2, -0.15) is 0 Å². The molecule has 0 unspecified atom stereocenters. The molecule has 9 heteroatoms. The summed E-state index contributed by atoms with van der Waals surface area (Å²) in [5.74, 6) is 1.34. The molecule has 0 spiro atoms. The van der Waals surface area contributed by atoms with E-state index in [0.29, 0.717) is 29.4 Å². The van der Waals surface area contributed by atoms with E-state index in [-0.39, 0.29) is 36.6 Å². The molecule has 8 nitrogen and oxygen atoms in total. The predicted molar refractivity (Wildman–Crippen MR) is 117 cm³/mol. The molecule has 0 saturated carbocycles. The van der Waals surface area contributed by atoms with E-state index in [4.69, 9.17) is 13.9 Å². The lowest BCUT2D eigenvalue weighted by Gasteiger charge is -2.13. The molecule has 1 fully saturated rings. The van der Waals surface area contributed by atoms with E-state index in [0.717, 1.165) is 28.0 Å². The summed E-state index contributed by atoms with van der Waals surface area (Å²) in [5.41, 5.74) is 0.719. The van der Waals surface area contributed by atoms with Gasteiger partial charge in [-0.15, -0.1) is 0 Å². The third-order valence-electron chi connectivity index (χ3n) is 4.50. The first-order valence-corrected chi connectivity index (χ1v) is 10.7. The Labute approximate surface area is 184 Å². The summed E-state index contributed by atoms with van der Waals surface area (Å²) in [5, 5.41) is 2.36. The van der Waals surface area contributed by atoms with Crippen molar-refractivity contribution in [3.05, 3.63) is 52.8 Å². The van der Waals surface area contributed by atoms with Gasteiger partial charge in [0.15, 0.2) is 11.5 Å². The van der Waals surface area contributed by atoms with E-state index in [1.165, 1.54) is 0 Å². The Morgan fingerprint density at radius 3 is 2.81 bits per heavy atom. The highest BCUT2D eigenvalue weighted by Gasteiger charge is 2.34. The second-order valence-electron chi connectivity index (χ2n) is 6.61. The van der Waals surface area contributed by atoms with Crippen LogP contribution < -0.4 is 14.8 Å². The van der Waals surface area contributed by atoms with Crippen LogP contribution in [0.25, 0.3) is 6.08 Å². The maximum Gasteiger partial charge on any atom is 0.293 e. The van der Waals surface area contributed by atoms with Gasteiger partial charge in [0.25, 0.3) is 11.1 Å². The van der Waals surface area contributed by atoms with Crippen LogP contribution >= 0.6 is 11.8 Å². The number of benzene rings is 1. The van der Waals surface area contributed by atoms with E-state index in [9.17, 15) is 14.4 Å². The second kappa shape index (κ2) is 10.7. The number of rotatable bonds is 10. The van der Waals surface area contributed by atoms with Gasteiger partial charge in [0, 0.05) is 25.9 Å². The lowest BCUT2D eigenvalue weighted by Crippen LogP contribution is -2.37. The Bertz CT molecular complexity index is 970. The van der Waals surface area contributed by atoms with Crippen molar-refractivity contribution in [3.8, 4) is 11.5 Å². The van der Waals surface area contributed by atoms with Gasteiger partial charge in [-0.3, -0.25) is 19.3 Å². The Morgan fingerprint density at radius 1 is 1.26 bits per heavy atom. The minimum Gasteiger partial charge on any atom is -0.493 e. The van der Waals surface area contributed by atoms with Gasteiger partial charge < -0.3 is 19.2 Å². The molecule has 1 aromatic carbocycles. The lowest BCUT2D eigenvalue weighted by molar-refractivity contribution is -0.124. The molecule has 3 rings (SSSR count). The fraction of sp³-hybridized carbons (Fsp3) is 0.318. The highest BCUT2D eigenvalue weighted by Crippen LogP contribution is 2.34. The van der Waals surface area contributed by atoms with Crippen LogP contribution in [0.1, 0.15) is 24.7 Å². The molecule has 1 aliphatic rings. The monoisotopic (exact) mass is 444 g/mol. The Morgan fingerprint density at radius 2 is 2.10 bits per heavy atom. The average Bonchev–Trinajstić information content (AvgIpc) is 3.37. The van der Waals surface area contributed by atoms with Crippen molar-refractivity contribution >= 4 is 34.9 Å². The van der Waals surface area contributed by atoms with Crippen LogP contribution in [0.15, 0.2) is 45.9 Å². The van der Waals surface area contributed by atoms with Crippen molar-refractivity contribution in [3.63, 3.8) is 0 Å². The summed E-state index contributed by atoms with van der Waals surface area (Å²) in [6.07, 6.45) is 3.97. The minimum atomic E-state index is -0.382. The first-order valence-electron chi connectivity index (χ1n) is 9.87. The summed E-state index contributed by atoms with van der Waals surface area (Å²) in [7, 11) is 1.54. The molecule has 3 amide bonds. The van der Waals surface area contributed by atoms with Crippen molar-refractivity contribution in [2.24, 2.45) is 0 Å². The van der Waals surface area contributed by atoms with Crippen LogP contribution in [0.4, 0.5) is 4.79 Å². The Kier molecular flexibility index (Phi) is 7.77. The highest BCUT2D eigenvalue weighted by atomic mass is 32.2. The Balaban J connectivity index is 1.54. The number of nitrogens with zero attached hydrogens (tertiary/aromatic N) is 1. The summed E-state index contributed by atoms with van der Waals surface area (Å²) < 4.78 is 16.0. The standard InChI is InChI=1S/C22H24N2O6S/c1-3-29-17-8-6-15(13-18(17)28-2)14-19-21(26)24(22(27)31-19)11-10-23-20(25)9-7-16-5-4-12-30-16/h4-6,8,12-14H,3,7,9-11H2,1-2H3,(H,23,25)/b19-14-. The number of methoxy groups -OCH3 is 1. The van der Waals surface area contributed by atoms with Crippen molar-refractivity contribution in [2.45, 2.75) is 19.8 Å². The quantitative estimate of drug-likeness (QED) is 0.560. The summed E-state index contributed by atoms with van der Waals surface area (Å²) in [6, 6.07) is 8.87. The summed E-state index contributed by atoms with van der Waals surface area (Å²) in [4.78, 5) is 38.3. The smallest absolute Gasteiger partial charge is 0.293 e. The maximum atomic E-state index is 12.6. The van der Waals surface area contributed by atoms with Gasteiger partial charge in [0.1, 0.15) is 5.76 Å². The number of aryl methyl sites for hydroxylation is 1. The number of thioether (sulfide) groups is 1. The molecule has 1 aromatic heterocycles. The zero-order valence-corrected chi connectivity index (χ0v) is 18.2. The number of carbonyl (C=O) groups is 3. The van der Waals surface area contributed by atoms with Gasteiger partial charge in [-0.25, -0.2) is 0 Å². The zero-order chi connectivity index (χ0) is 22.2. The first kappa shape index (κ1) is 22.5. The number of carbonyl (C=O) groups excluding carboxylic acids is 3. The van der Waals surface area contributed by atoms with E-state index < -0.39 is 0 Å². The molecule has 2 heterocycles. The number of nitrogens with one attached hydrogen (secondary N) is 1. The zero-order valence-electron chi connectivity index (χ0n) is 17.4. The van der Waals surface area contributed by atoms with Crippen LogP contribution in [0.5, 0.6) is 11.5 Å². The molecule has 0 aliphatic carbocycles. The van der Waals surface area contributed by atoms with Crippen LogP contribution in [-0.4, -0.2) is 48.8 Å². The summed E-state index contributed by atoms with van der Waals surface area (Å²) in [6.45, 7) is 2.69. The summed E-state index contributed by atoms with van der Waals surface area (Å²) >= 11 is 0.873. The molecule has 1 aliphatic heterocycles. The van der Waals surface area contributed by atoms with Crippen LogP contribution in [-0.2, 0) is 16.0 Å². The van der Waals surface area contributed by atoms with E-state index >= 15 is 0 Å². The van der Waals surface area contributed by atoms with E-state index in [2.05, 4.69) is 5.32 Å². The highest BCUT2D eigenvalue weighted by molar-refractivity contribution is 8.18. The van der Waals surface area contributed by atoms with Crippen molar-refractivity contribution < 1.29 is 28.3 Å². The van der Waals surface area contributed by atoms with Gasteiger partial charge in [0.2, 0.25) is 5.91 Å². The third kappa shape index (κ3) is 5.91. The molecular weight excluding hydrogens is 420 g/mol. The fourth-order valence-electron chi connectivity index (χ4n) is 2.98. The van der Waals surface area contributed by atoms with Crippen LogP contribution in [0.2, 0.25) is 0 Å². The minimum absolute atomic E-state index is 0.112. The number of amides is 3. The number of furan rings is 1. The lowest BCUT2D eigenvalue weighted by atomic mass is 10.2. The topological polar surface area (TPSA) is 98.1 Å². The number of hydrogen-bond acceptors (Lipinski definition) is 7. The van der Waals surface area contributed by atoms with E-state index in [1.54, 1.807) is 49.8 Å². The fourth-order valence-corrected chi connectivity index (χ4v) is 3.84. The van der Waals surface area contributed by atoms with Crippen LogP contribution in [0, 0.1) is 0 Å². The average molecular weight is 445 g/mol. The third-order valence-corrected chi connectivity index (χ3v) is 5.40. The normalized spacial score (nSPS) is 14.9. The molecule has 1 saturated heterocycles. The first-order chi connectivity index (χ1) is 15.0. The van der Waals surface area contributed by atoms with Crippen molar-refractivity contribution in [1.82, 2.24) is 10.2 Å². The predicted octanol–water partition coefficient (Wildman–Crippen LogP) is 3.47. The molecule has 164 valence electrons. The van der Waals surface area contributed by atoms with Gasteiger partial charge >= 0.3 is 0 Å². The molecule has 0 bridgehead atoms. The molecule has 2 aromatic rings. The number of imide groups is 1. The molecule has 1 N–H and O–H groups in total. The van der Waals surface area contributed by atoms with E-state index in [1.807, 2.05) is 6.92 Å². The SMILES string of the molecule is CCOc1ccc(/C=C2\SC(=O)N(CCNC(=O)CCc3ccco3)C2=O)cc1OC. The Hall–Kier alpha value is -3.20. The number of hydrogen-bond donors (Lipinski definition) is 1. The van der Waals surface area contributed by atoms with Crippen LogP contribution in [0.3, 0.4) is 0 Å². The largest absolute Gasteiger partial charge is 0.493 e. The van der Waals surface area contributed by atoms with Gasteiger partial charge in [0.05, 0.1) is 24.9 Å². The van der Waals surface area contributed by atoms with Crippen molar-refractivity contribution in [1.29, 1.82) is 0 Å².